The molecule has 0 spiro atoms. The minimum atomic E-state index is 0.504. The molecule has 0 radical (unpaired) electrons. The van der Waals surface area contributed by atoms with E-state index in [1.54, 1.807) is 10.7 Å². The standard InChI is InChI=1S/C15H17N5O/c1-11-10-13-15(17-6-8-20(13)19-11)18-7-9-21-14-5-3-2-4-12(14)16/h2-6,8,10H,7,9,16H2,1H3,(H,17,18). The molecule has 1 aromatic carbocycles. The van der Waals surface area contributed by atoms with Crippen LogP contribution in [-0.4, -0.2) is 27.7 Å². The third-order valence-electron chi connectivity index (χ3n) is 3.08. The Kier molecular flexibility index (Phi) is 3.59. The van der Waals surface area contributed by atoms with Gasteiger partial charge in [0.2, 0.25) is 0 Å². The summed E-state index contributed by atoms with van der Waals surface area (Å²) in [6.45, 7) is 3.09. The predicted octanol–water partition coefficient (Wildman–Crippen LogP) is 2.11. The molecule has 3 aromatic rings. The van der Waals surface area contributed by atoms with Gasteiger partial charge in [0, 0.05) is 12.4 Å². The number of ether oxygens (including phenoxy) is 1. The van der Waals surface area contributed by atoms with Gasteiger partial charge in [-0.05, 0) is 25.1 Å². The fourth-order valence-corrected chi connectivity index (χ4v) is 2.12. The Labute approximate surface area is 122 Å². The number of benzene rings is 1. The van der Waals surface area contributed by atoms with Gasteiger partial charge < -0.3 is 15.8 Å². The summed E-state index contributed by atoms with van der Waals surface area (Å²) in [6.07, 6.45) is 3.55. The number of nitrogens with one attached hydrogen (secondary N) is 1. The van der Waals surface area contributed by atoms with Crippen LogP contribution in [-0.2, 0) is 0 Å². The average Bonchev–Trinajstić information content (AvgIpc) is 2.86. The molecule has 0 aliphatic heterocycles. The summed E-state index contributed by atoms with van der Waals surface area (Å²) in [6, 6.07) is 9.45. The molecule has 21 heavy (non-hydrogen) atoms. The van der Waals surface area contributed by atoms with E-state index in [2.05, 4.69) is 15.4 Å². The molecular weight excluding hydrogens is 266 g/mol. The average molecular weight is 283 g/mol. The highest BCUT2D eigenvalue weighted by atomic mass is 16.5. The van der Waals surface area contributed by atoms with Gasteiger partial charge in [-0.15, -0.1) is 0 Å². The van der Waals surface area contributed by atoms with E-state index in [0.717, 1.165) is 17.0 Å². The van der Waals surface area contributed by atoms with Crippen LogP contribution in [0.1, 0.15) is 5.69 Å². The van der Waals surface area contributed by atoms with Crippen molar-refractivity contribution >= 4 is 17.0 Å². The Bertz CT molecular complexity index is 753. The van der Waals surface area contributed by atoms with Crippen LogP contribution < -0.4 is 15.8 Å². The van der Waals surface area contributed by atoms with Crippen molar-refractivity contribution in [3.05, 3.63) is 48.4 Å². The quantitative estimate of drug-likeness (QED) is 0.554. The van der Waals surface area contributed by atoms with E-state index in [9.17, 15) is 0 Å². The number of nitrogens with zero attached hydrogens (tertiary/aromatic N) is 3. The minimum absolute atomic E-state index is 0.504. The number of para-hydroxylation sites is 2. The van der Waals surface area contributed by atoms with E-state index in [1.165, 1.54) is 0 Å². The third-order valence-corrected chi connectivity index (χ3v) is 3.08. The highest BCUT2D eigenvalue weighted by Gasteiger charge is 2.04. The van der Waals surface area contributed by atoms with Crippen LogP contribution in [0.3, 0.4) is 0 Å². The molecule has 0 aliphatic carbocycles. The molecule has 2 aromatic heterocycles. The highest BCUT2D eigenvalue weighted by Crippen LogP contribution is 2.19. The summed E-state index contributed by atoms with van der Waals surface area (Å²) in [4.78, 5) is 4.33. The van der Waals surface area contributed by atoms with E-state index in [4.69, 9.17) is 10.5 Å². The number of aromatic nitrogens is 3. The first-order valence-corrected chi connectivity index (χ1v) is 6.76. The lowest BCUT2D eigenvalue weighted by Gasteiger charge is -2.10. The topological polar surface area (TPSA) is 77.5 Å². The van der Waals surface area contributed by atoms with Crippen LogP contribution >= 0.6 is 0 Å². The lowest BCUT2D eigenvalue weighted by atomic mass is 10.3. The second kappa shape index (κ2) is 5.70. The number of rotatable bonds is 5. The first kappa shape index (κ1) is 13.2. The predicted molar refractivity (Wildman–Crippen MR) is 82.6 cm³/mol. The number of hydrogen-bond donors (Lipinski definition) is 2. The molecule has 0 bridgehead atoms. The molecule has 0 fully saturated rings. The first-order valence-electron chi connectivity index (χ1n) is 6.76. The molecule has 108 valence electrons. The van der Waals surface area contributed by atoms with Gasteiger partial charge in [-0.25, -0.2) is 9.50 Å². The lowest BCUT2D eigenvalue weighted by molar-refractivity contribution is 0.334. The normalized spacial score (nSPS) is 10.7. The molecule has 0 amide bonds. The van der Waals surface area contributed by atoms with Crippen LogP contribution in [0.2, 0.25) is 0 Å². The van der Waals surface area contributed by atoms with E-state index in [0.29, 0.717) is 24.6 Å². The molecule has 0 unspecified atom stereocenters. The Morgan fingerprint density at radius 2 is 2.19 bits per heavy atom. The maximum Gasteiger partial charge on any atom is 0.152 e. The lowest BCUT2D eigenvalue weighted by Crippen LogP contribution is -2.13. The minimum Gasteiger partial charge on any atom is -0.490 e. The zero-order valence-electron chi connectivity index (χ0n) is 11.8. The summed E-state index contributed by atoms with van der Waals surface area (Å²) in [5.41, 5.74) is 8.38. The number of anilines is 2. The molecule has 6 nitrogen and oxygen atoms in total. The molecule has 2 heterocycles. The summed E-state index contributed by atoms with van der Waals surface area (Å²) >= 11 is 0. The van der Waals surface area contributed by atoms with Gasteiger partial charge in [0.25, 0.3) is 0 Å². The van der Waals surface area contributed by atoms with E-state index in [1.807, 2.05) is 43.5 Å². The van der Waals surface area contributed by atoms with Crippen molar-refractivity contribution in [2.75, 3.05) is 24.2 Å². The molecule has 0 saturated heterocycles. The fraction of sp³-hybridized carbons (Fsp3) is 0.200. The zero-order chi connectivity index (χ0) is 14.7. The largest absolute Gasteiger partial charge is 0.490 e. The first-order chi connectivity index (χ1) is 10.2. The maximum absolute atomic E-state index is 5.82. The Balaban J connectivity index is 1.61. The van der Waals surface area contributed by atoms with Gasteiger partial charge in [0.1, 0.15) is 17.9 Å². The van der Waals surface area contributed by atoms with Gasteiger partial charge in [0.15, 0.2) is 5.82 Å². The van der Waals surface area contributed by atoms with E-state index < -0.39 is 0 Å². The SMILES string of the molecule is Cc1cc2c(NCCOc3ccccc3N)nccn2n1. The van der Waals surface area contributed by atoms with Crippen molar-refractivity contribution in [1.82, 2.24) is 14.6 Å². The Morgan fingerprint density at radius 3 is 3.05 bits per heavy atom. The van der Waals surface area contributed by atoms with Crippen LogP contribution in [0.4, 0.5) is 11.5 Å². The Morgan fingerprint density at radius 1 is 1.33 bits per heavy atom. The third kappa shape index (κ3) is 2.89. The summed E-state index contributed by atoms with van der Waals surface area (Å²) < 4.78 is 7.44. The number of hydrogen-bond acceptors (Lipinski definition) is 5. The van der Waals surface area contributed by atoms with Crippen LogP contribution in [0, 0.1) is 6.92 Å². The summed E-state index contributed by atoms with van der Waals surface area (Å²) in [7, 11) is 0. The fourth-order valence-electron chi connectivity index (χ4n) is 2.12. The van der Waals surface area contributed by atoms with Crippen molar-refractivity contribution in [3.8, 4) is 5.75 Å². The maximum atomic E-state index is 5.82. The van der Waals surface area contributed by atoms with Crippen molar-refractivity contribution in [3.63, 3.8) is 0 Å². The second-order valence-corrected chi connectivity index (χ2v) is 4.70. The number of nitrogen functional groups attached to an aromatic ring is 1. The van der Waals surface area contributed by atoms with Crippen molar-refractivity contribution in [2.45, 2.75) is 6.92 Å². The van der Waals surface area contributed by atoms with Crippen molar-refractivity contribution < 1.29 is 4.74 Å². The van der Waals surface area contributed by atoms with Gasteiger partial charge in [-0.1, -0.05) is 12.1 Å². The zero-order valence-corrected chi connectivity index (χ0v) is 11.8. The van der Waals surface area contributed by atoms with Crippen LogP contribution in [0.5, 0.6) is 5.75 Å². The highest BCUT2D eigenvalue weighted by molar-refractivity contribution is 5.67. The van der Waals surface area contributed by atoms with E-state index >= 15 is 0 Å². The van der Waals surface area contributed by atoms with Crippen molar-refractivity contribution in [2.24, 2.45) is 0 Å². The molecule has 3 N–H and O–H groups in total. The van der Waals surface area contributed by atoms with Crippen LogP contribution in [0.15, 0.2) is 42.7 Å². The molecule has 6 heteroatoms. The molecule has 0 atom stereocenters. The summed E-state index contributed by atoms with van der Waals surface area (Å²) in [5, 5.41) is 7.60. The van der Waals surface area contributed by atoms with Gasteiger partial charge >= 0.3 is 0 Å². The second-order valence-electron chi connectivity index (χ2n) is 4.70. The smallest absolute Gasteiger partial charge is 0.152 e. The van der Waals surface area contributed by atoms with Gasteiger partial charge in [-0.2, -0.15) is 5.10 Å². The number of fused-ring (bicyclic) bond motifs is 1. The molecule has 0 aliphatic rings. The van der Waals surface area contributed by atoms with Crippen molar-refractivity contribution in [1.29, 1.82) is 0 Å². The monoisotopic (exact) mass is 283 g/mol. The summed E-state index contributed by atoms with van der Waals surface area (Å²) in [5.74, 6) is 1.49. The Hall–Kier alpha value is -2.76. The molecular formula is C15H17N5O. The number of aryl methyl sites for hydroxylation is 1. The van der Waals surface area contributed by atoms with E-state index in [-0.39, 0.29) is 0 Å². The number of nitrogens with two attached hydrogens (primary N) is 1. The molecule has 3 rings (SSSR count). The molecule has 0 saturated carbocycles. The van der Waals surface area contributed by atoms with Crippen LogP contribution in [0.25, 0.3) is 5.52 Å². The van der Waals surface area contributed by atoms with Gasteiger partial charge in [-0.3, -0.25) is 0 Å². The van der Waals surface area contributed by atoms with Gasteiger partial charge in [0.05, 0.1) is 17.9 Å².